The molecular weight excluding hydrogens is 196 g/mol. The molecule has 1 aliphatic carbocycles. The molecule has 0 radical (unpaired) electrons. The van der Waals surface area contributed by atoms with Gasteiger partial charge in [-0.1, -0.05) is 32.0 Å². The van der Waals surface area contributed by atoms with E-state index in [9.17, 15) is 0 Å². The summed E-state index contributed by atoms with van der Waals surface area (Å²) >= 11 is 0. The van der Waals surface area contributed by atoms with Gasteiger partial charge >= 0.3 is 0 Å². The topological polar surface area (TPSA) is 41.8 Å². The largest absolute Gasteiger partial charge is 0.361 e. The quantitative estimate of drug-likeness (QED) is 0.793. The lowest BCUT2D eigenvalue weighted by Gasteiger charge is -2.01. The van der Waals surface area contributed by atoms with Crippen molar-refractivity contribution in [3.8, 4) is 0 Å². The predicted molar refractivity (Wildman–Crippen MR) is 67.2 cm³/mol. The van der Waals surface area contributed by atoms with Gasteiger partial charge in [-0.15, -0.1) is 0 Å². The van der Waals surface area contributed by atoms with Crippen molar-refractivity contribution < 1.29 is 0 Å². The van der Waals surface area contributed by atoms with E-state index in [0.29, 0.717) is 17.4 Å². The molecule has 3 rings (SSSR count). The van der Waals surface area contributed by atoms with Gasteiger partial charge in [-0.05, 0) is 29.4 Å². The Balaban J connectivity index is 1.91. The lowest BCUT2D eigenvalue weighted by atomic mass is 10.0. The van der Waals surface area contributed by atoms with Crippen molar-refractivity contribution in [1.82, 2.24) is 4.98 Å². The van der Waals surface area contributed by atoms with Crippen molar-refractivity contribution in [2.75, 3.05) is 0 Å². The van der Waals surface area contributed by atoms with Crippen LogP contribution < -0.4 is 5.73 Å². The Morgan fingerprint density at radius 1 is 1.31 bits per heavy atom. The standard InChI is InChI=1S/C14H18N2/c1-14(2)11(13(14)15)7-9-8-16-12-6-4-3-5-10(9)12/h3-6,8,11,13,16H,7,15H2,1-2H3. The summed E-state index contributed by atoms with van der Waals surface area (Å²) in [5.74, 6) is 0.631. The maximum Gasteiger partial charge on any atom is 0.0456 e. The van der Waals surface area contributed by atoms with Crippen LogP contribution in [-0.4, -0.2) is 11.0 Å². The van der Waals surface area contributed by atoms with E-state index >= 15 is 0 Å². The van der Waals surface area contributed by atoms with Gasteiger partial charge in [0, 0.05) is 23.1 Å². The number of fused-ring (bicyclic) bond motifs is 1. The van der Waals surface area contributed by atoms with Gasteiger partial charge in [0.15, 0.2) is 0 Å². The highest BCUT2D eigenvalue weighted by Crippen LogP contribution is 2.52. The zero-order valence-corrected chi connectivity index (χ0v) is 9.83. The molecule has 2 aromatic rings. The molecule has 1 fully saturated rings. The third-order valence-electron chi connectivity index (χ3n) is 4.25. The third kappa shape index (κ3) is 1.30. The van der Waals surface area contributed by atoms with Gasteiger partial charge in [-0.25, -0.2) is 0 Å². The molecule has 16 heavy (non-hydrogen) atoms. The van der Waals surface area contributed by atoms with E-state index in [1.165, 1.54) is 16.5 Å². The van der Waals surface area contributed by atoms with Gasteiger partial charge in [0.1, 0.15) is 0 Å². The summed E-state index contributed by atoms with van der Waals surface area (Å²) in [7, 11) is 0. The molecule has 1 aliphatic rings. The van der Waals surface area contributed by atoms with E-state index < -0.39 is 0 Å². The minimum absolute atomic E-state index is 0.318. The lowest BCUT2D eigenvalue weighted by Crippen LogP contribution is -2.06. The van der Waals surface area contributed by atoms with Gasteiger partial charge in [-0.3, -0.25) is 0 Å². The Bertz CT molecular complexity index is 524. The van der Waals surface area contributed by atoms with Crippen molar-refractivity contribution in [3.05, 3.63) is 36.0 Å². The Morgan fingerprint density at radius 2 is 2.00 bits per heavy atom. The molecule has 1 saturated carbocycles. The summed E-state index contributed by atoms with van der Waals surface area (Å²) < 4.78 is 0. The number of nitrogens with one attached hydrogen (secondary N) is 1. The summed E-state index contributed by atoms with van der Waals surface area (Å²) in [4.78, 5) is 3.32. The Morgan fingerprint density at radius 3 is 2.69 bits per heavy atom. The second-order valence-corrected chi connectivity index (χ2v) is 5.52. The number of benzene rings is 1. The van der Waals surface area contributed by atoms with E-state index in [-0.39, 0.29) is 0 Å². The third-order valence-corrected chi connectivity index (χ3v) is 4.25. The van der Waals surface area contributed by atoms with Crippen LogP contribution in [0.25, 0.3) is 10.9 Å². The molecule has 0 spiro atoms. The number of H-pyrrole nitrogens is 1. The van der Waals surface area contributed by atoms with Crippen LogP contribution in [0, 0.1) is 11.3 Å². The highest BCUT2D eigenvalue weighted by atomic mass is 14.8. The van der Waals surface area contributed by atoms with E-state index in [1.54, 1.807) is 0 Å². The second kappa shape index (κ2) is 3.11. The Hall–Kier alpha value is -1.28. The van der Waals surface area contributed by atoms with Crippen LogP contribution in [0.3, 0.4) is 0 Å². The molecule has 1 heterocycles. The van der Waals surface area contributed by atoms with Gasteiger partial charge in [0.25, 0.3) is 0 Å². The summed E-state index contributed by atoms with van der Waals surface area (Å²) in [6.07, 6.45) is 3.23. The fourth-order valence-electron chi connectivity index (χ4n) is 2.71. The highest BCUT2D eigenvalue weighted by Gasteiger charge is 2.54. The average Bonchev–Trinajstić information content (AvgIpc) is 2.67. The smallest absolute Gasteiger partial charge is 0.0456 e. The molecule has 2 atom stereocenters. The number of hydrogen-bond donors (Lipinski definition) is 2. The first kappa shape index (κ1) is 9.91. The van der Waals surface area contributed by atoms with Crippen LogP contribution >= 0.6 is 0 Å². The van der Waals surface area contributed by atoms with E-state index in [0.717, 1.165) is 6.42 Å². The van der Waals surface area contributed by atoms with Crippen molar-refractivity contribution in [2.24, 2.45) is 17.1 Å². The summed E-state index contributed by atoms with van der Waals surface area (Å²) in [6.45, 7) is 4.52. The van der Waals surface area contributed by atoms with Gasteiger partial charge in [0.05, 0.1) is 0 Å². The van der Waals surface area contributed by atoms with Crippen molar-refractivity contribution in [1.29, 1.82) is 0 Å². The number of para-hydroxylation sites is 1. The minimum Gasteiger partial charge on any atom is -0.361 e. The van der Waals surface area contributed by atoms with Gasteiger partial charge in [0.2, 0.25) is 0 Å². The first-order valence-corrected chi connectivity index (χ1v) is 5.91. The number of rotatable bonds is 2. The summed E-state index contributed by atoms with van der Waals surface area (Å²) in [5, 5.41) is 1.34. The van der Waals surface area contributed by atoms with Crippen LogP contribution in [0.2, 0.25) is 0 Å². The maximum absolute atomic E-state index is 6.09. The lowest BCUT2D eigenvalue weighted by molar-refractivity contribution is 0.552. The molecule has 3 N–H and O–H groups in total. The van der Waals surface area contributed by atoms with Gasteiger partial charge in [-0.2, -0.15) is 0 Å². The van der Waals surface area contributed by atoms with Crippen LogP contribution in [0.5, 0.6) is 0 Å². The number of hydrogen-bond acceptors (Lipinski definition) is 1. The Labute approximate surface area is 95.8 Å². The van der Waals surface area contributed by atoms with E-state index in [4.69, 9.17) is 5.73 Å². The highest BCUT2D eigenvalue weighted by molar-refractivity contribution is 5.83. The summed E-state index contributed by atoms with van der Waals surface area (Å²) in [6, 6.07) is 8.83. The molecule has 84 valence electrons. The zero-order chi connectivity index (χ0) is 11.3. The second-order valence-electron chi connectivity index (χ2n) is 5.52. The molecular formula is C14H18N2. The number of aromatic amines is 1. The molecule has 0 aliphatic heterocycles. The molecule has 0 saturated heterocycles. The number of aromatic nitrogens is 1. The van der Waals surface area contributed by atoms with E-state index in [2.05, 4.69) is 49.3 Å². The van der Waals surface area contributed by atoms with Crippen LogP contribution in [0.1, 0.15) is 19.4 Å². The Kier molecular flexibility index (Phi) is 1.93. The molecule has 1 aromatic carbocycles. The van der Waals surface area contributed by atoms with Crippen molar-refractivity contribution in [2.45, 2.75) is 26.3 Å². The van der Waals surface area contributed by atoms with Crippen LogP contribution in [0.15, 0.2) is 30.5 Å². The van der Waals surface area contributed by atoms with Crippen LogP contribution in [-0.2, 0) is 6.42 Å². The fraction of sp³-hybridized carbons (Fsp3) is 0.429. The molecule has 1 aromatic heterocycles. The average molecular weight is 214 g/mol. The molecule has 2 unspecified atom stereocenters. The molecule has 2 heteroatoms. The van der Waals surface area contributed by atoms with E-state index in [1.807, 2.05) is 0 Å². The van der Waals surface area contributed by atoms with Crippen molar-refractivity contribution >= 4 is 10.9 Å². The minimum atomic E-state index is 0.318. The SMILES string of the molecule is CC1(C)C(N)C1Cc1c[nH]c2ccccc12. The van der Waals surface area contributed by atoms with Crippen molar-refractivity contribution in [3.63, 3.8) is 0 Å². The van der Waals surface area contributed by atoms with Gasteiger partial charge < -0.3 is 10.7 Å². The maximum atomic E-state index is 6.09. The normalized spacial score (nSPS) is 27.2. The monoisotopic (exact) mass is 214 g/mol. The zero-order valence-electron chi connectivity index (χ0n) is 9.83. The molecule has 0 bridgehead atoms. The fourth-order valence-corrected chi connectivity index (χ4v) is 2.71. The molecule has 2 nitrogen and oxygen atoms in total. The first-order valence-electron chi connectivity index (χ1n) is 5.91. The predicted octanol–water partition coefficient (Wildman–Crippen LogP) is 2.69. The van der Waals surface area contributed by atoms with Crippen LogP contribution in [0.4, 0.5) is 0 Å². The first-order chi connectivity index (χ1) is 7.60. The summed E-state index contributed by atoms with van der Waals surface area (Å²) in [5.41, 5.74) is 9.04. The molecule has 0 amide bonds. The number of nitrogens with two attached hydrogens (primary N) is 1.